The molecule has 0 unspecified atom stereocenters. The van der Waals surface area contributed by atoms with E-state index >= 15 is 0 Å². The van der Waals surface area contributed by atoms with Gasteiger partial charge in [-0.1, -0.05) is 6.07 Å². The van der Waals surface area contributed by atoms with Crippen LogP contribution < -0.4 is 4.74 Å². The molecule has 3 nitrogen and oxygen atoms in total. The second kappa shape index (κ2) is 5.11. The van der Waals surface area contributed by atoms with E-state index < -0.39 is 11.8 Å². The number of hydrogen-bond acceptors (Lipinski definition) is 2. The van der Waals surface area contributed by atoms with Crippen molar-refractivity contribution in [2.24, 2.45) is 0 Å². The van der Waals surface area contributed by atoms with Gasteiger partial charge in [0, 0.05) is 6.42 Å². The summed E-state index contributed by atoms with van der Waals surface area (Å²) in [6, 6.07) is 2.81. The molecule has 0 amide bonds. The van der Waals surface area contributed by atoms with Crippen molar-refractivity contribution in [2.45, 2.75) is 12.8 Å². The van der Waals surface area contributed by atoms with Crippen LogP contribution in [0.1, 0.15) is 12.0 Å². The van der Waals surface area contributed by atoms with Gasteiger partial charge in [-0.3, -0.25) is 4.79 Å². The van der Waals surface area contributed by atoms with Gasteiger partial charge in [-0.25, -0.2) is 4.39 Å². The SMILES string of the molecule is COc1c(CCC(=O)O)ccc(F)c1Br. The summed E-state index contributed by atoms with van der Waals surface area (Å²) in [4.78, 5) is 10.4. The number of carboxylic acid groups (broad SMARTS) is 1. The summed E-state index contributed by atoms with van der Waals surface area (Å²) in [6.45, 7) is 0. The Morgan fingerprint density at radius 3 is 2.80 bits per heavy atom. The van der Waals surface area contributed by atoms with Crippen molar-refractivity contribution in [3.05, 3.63) is 28.0 Å². The fourth-order valence-corrected chi connectivity index (χ4v) is 1.78. The van der Waals surface area contributed by atoms with Gasteiger partial charge in [0.15, 0.2) is 0 Å². The third-order valence-corrected chi connectivity index (χ3v) is 2.68. The molecule has 0 bridgehead atoms. The number of benzene rings is 1. The van der Waals surface area contributed by atoms with E-state index in [9.17, 15) is 9.18 Å². The highest BCUT2D eigenvalue weighted by atomic mass is 79.9. The molecule has 1 N–H and O–H groups in total. The molecule has 0 aromatic heterocycles. The van der Waals surface area contributed by atoms with Crippen LogP contribution in [-0.2, 0) is 11.2 Å². The van der Waals surface area contributed by atoms with E-state index in [4.69, 9.17) is 9.84 Å². The van der Waals surface area contributed by atoms with Gasteiger partial charge in [0.2, 0.25) is 0 Å². The van der Waals surface area contributed by atoms with Crippen molar-refractivity contribution < 1.29 is 19.0 Å². The first kappa shape index (κ1) is 12.0. The number of hydrogen-bond donors (Lipinski definition) is 1. The van der Waals surface area contributed by atoms with Crippen molar-refractivity contribution in [3.63, 3.8) is 0 Å². The summed E-state index contributed by atoms with van der Waals surface area (Å²) in [7, 11) is 1.42. The number of carboxylic acids is 1. The number of halogens is 2. The van der Waals surface area contributed by atoms with Crippen LogP contribution in [-0.4, -0.2) is 18.2 Å². The molecule has 15 heavy (non-hydrogen) atoms. The van der Waals surface area contributed by atoms with Gasteiger partial charge in [-0.15, -0.1) is 0 Å². The Labute approximate surface area is 95.0 Å². The molecule has 5 heteroatoms. The van der Waals surface area contributed by atoms with Crippen molar-refractivity contribution in [1.82, 2.24) is 0 Å². The monoisotopic (exact) mass is 276 g/mol. The van der Waals surface area contributed by atoms with Crippen LogP contribution in [0, 0.1) is 5.82 Å². The van der Waals surface area contributed by atoms with E-state index in [1.165, 1.54) is 19.2 Å². The van der Waals surface area contributed by atoms with Gasteiger partial charge in [-0.2, -0.15) is 0 Å². The van der Waals surface area contributed by atoms with Crippen LogP contribution in [0.4, 0.5) is 4.39 Å². The first-order valence-corrected chi connectivity index (χ1v) is 5.08. The molecular weight excluding hydrogens is 267 g/mol. The molecule has 0 aliphatic rings. The Kier molecular flexibility index (Phi) is 4.08. The Balaban J connectivity index is 2.97. The Bertz CT molecular complexity index is 379. The maximum Gasteiger partial charge on any atom is 0.303 e. The highest BCUT2D eigenvalue weighted by Gasteiger charge is 2.12. The average molecular weight is 277 g/mol. The van der Waals surface area contributed by atoms with Crippen LogP contribution in [0.2, 0.25) is 0 Å². The maximum atomic E-state index is 13.1. The summed E-state index contributed by atoms with van der Waals surface area (Å²) in [5.74, 6) is -0.959. The fraction of sp³-hybridized carbons (Fsp3) is 0.300. The quantitative estimate of drug-likeness (QED) is 0.920. The Morgan fingerprint density at radius 1 is 1.60 bits per heavy atom. The minimum absolute atomic E-state index is 0.00552. The van der Waals surface area contributed by atoms with Gasteiger partial charge in [-0.05, 0) is 34.0 Å². The van der Waals surface area contributed by atoms with E-state index in [-0.39, 0.29) is 10.9 Å². The Morgan fingerprint density at radius 2 is 2.27 bits per heavy atom. The first-order chi connectivity index (χ1) is 7.06. The van der Waals surface area contributed by atoms with Crippen molar-refractivity contribution in [2.75, 3.05) is 7.11 Å². The third kappa shape index (κ3) is 2.92. The van der Waals surface area contributed by atoms with Crippen LogP contribution in [0.5, 0.6) is 5.75 Å². The second-order valence-electron chi connectivity index (χ2n) is 2.95. The number of ether oxygens (including phenoxy) is 1. The van der Waals surface area contributed by atoms with Crippen LogP contribution >= 0.6 is 15.9 Å². The normalized spacial score (nSPS) is 10.1. The molecule has 0 saturated heterocycles. The predicted molar refractivity (Wildman–Crippen MR) is 56.6 cm³/mol. The molecule has 1 aromatic rings. The van der Waals surface area contributed by atoms with E-state index in [1.807, 2.05) is 0 Å². The van der Waals surface area contributed by atoms with E-state index in [0.717, 1.165) is 0 Å². The molecule has 0 radical (unpaired) electrons. The van der Waals surface area contributed by atoms with Crippen LogP contribution in [0.25, 0.3) is 0 Å². The smallest absolute Gasteiger partial charge is 0.303 e. The molecule has 0 atom stereocenters. The minimum atomic E-state index is -0.891. The average Bonchev–Trinajstić information content (AvgIpc) is 2.19. The molecule has 0 saturated carbocycles. The van der Waals surface area contributed by atoms with E-state index in [1.54, 1.807) is 0 Å². The number of carbonyl (C=O) groups is 1. The van der Waals surface area contributed by atoms with Crippen molar-refractivity contribution in [1.29, 1.82) is 0 Å². The second-order valence-corrected chi connectivity index (χ2v) is 3.74. The fourth-order valence-electron chi connectivity index (χ4n) is 1.23. The maximum absolute atomic E-state index is 13.1. The molecule has 0 spiro atoms. The van der Waals surface area contributed by atoms with Gasteiger partial charge >= 0.3 is 5.97 Å². The van der Waals surface area contributed by atoms with Gasteiger partial charge in [0.05, 0.1) is 11.6 Å². The van der Waals surface area contributed by atoms with E-state index in [0.29, 0.717) is 17.7 Å². The molecule has 0 aliphatic heterocycles. The molecule has 1 aromatic carbocycles. The molecule has 0 fully saturated rings. The molecule has 82 valence electrons. The Hall–Kier alpha value is -1.10. The summed E-state index contributed by atoms with van der Waals surface area (Å²) < 4.78 is 18.3. The number of rotatable bonds is 4. The first-order valence-electron chi connectivity index (χ1n) is 4.29. The van der Waals surface area contributed by atoms with Crippen molar-refractivity contribution >= 4 is 21.9 Å². The lowest BCUT2D eigenvalue weighted by Crippen LogP contribution is -2.00. The van der Waals surface area contributed by atoms with Crippen LogP contribution in [0.15, 0.2) is 16.6 Å². The largest absolute Gasteiger partial charge is 0.495 e. The van der Waals surface area contributed by atoms with Crippen LogP contribution in [0.3, 0.4) is 0 Å². The molecule has 1 rings (SSSR count). The van der Waals surface area contributed by atoms with Gasteiger partial charge < -0.3 is 9.84 Å². The van der Waals surface area contributed by atoms with Gasteiger partial charge in [0.25, 0.3) is 0 Å². The van der Waals surface area contributed by atoms with E-state index in [2.05, 4.69) is 15.9 Å². The third-order valence-electron chi connectivity index (χ3n) is 1.94. The highest BCUT2D eigenvalue weighted by Crippen LogP contribution is 2.32. The summed E-state index contributed by atoms with van der Waals surface area (Å²) in [6.07, 6.45) is 0.311. The molecule has 0 heterocycles. The molecule has 0 aliphatic carbocycles. The highest BCUT2D eigenvalue weighted by molar-refractivity contribution is 9.10. The lowest BCUT2D eigenvalue weighted by molar-refractivity contribution is -0.136. The zero-order valence-electron chi connectivity index (χ0n) is 8.09. The topological polar surface area (TPSA) is 46.5 Å². The zero-order chi connectivity index (χ0) is 11.4. The van der Waals surface area contributed by atoms with Crippen molar-refractivity contribution in [3.8, 4) is 5.75 Å². The molecular formula is C10H10BrFO3. The number of aryl methyl sites for hydroxylation is 1. The summed E-state index contributed by atoms with van der Waals surface area (Å²) in [5.41, 5.74) is 0.674. The predicted octanol–water partition coefficient (Wildman–Crippen LogP) is 2.61. The summed E-state index contributed by atoms with van der Waals surface area (Å²) >= 11 is 3.05. The lowest BCUT2D eigenvalue weighted by atomic mass is 10.1. The minimum Gasteiger partial charge on any atom is -0.495 e. The standard InChI is InChI=1S/C10H10BrFO3/c1-15-10-6(3-5-8(13)14)2-4-7(12)9(10)11/h2,4H,3,5H2,1H3,(H,13,14). The number of methoxy groups -OCH3 is 1. The number of aliphatic carboxylic acids is 1. The lowest BCUT2D eigenvalue weighted by Gasteiger charge is -2.09. The zero-order valence-corrected chi connectivity index (χ0v) is 9.67. The van der Waals surface area contributed by atoms with Gasteiger partial charge in [0.1, 0.15) is 11.6 Å². The summed E-state index contributed by atoms with van der Waals surface area (Å²) in [5, 5.41) is 8.54.